The Morgan fingerprint density at radius 1 is 0.923 bits per heavy atom. The Balaban J connectivity index is -0.000000220. The van der Waals surface area contributed by atoms with Crippen LogP contribution in [0.1, 0.15) is 52.4 Å². The highest BCUT2D eigenvalue weighted by atomic mass is 16.2. The summed E-state index contributed by atoms with van der Waals surface area (Å²) in [6, 6.07) is 0. The van der Waals surface area contributed by atoms with Crippen molar-refractivity contribution in [2.75, 3.05) is 13.2 Å². The van der Waals surface area contributed by atoms with E-state index in [4.69, 9.17) is 10.8 Å². The van der Waals surface area contributed by atoms with Crippen molar-refractivity contribution in [3.8, 4) is 0 Å². The fourth-order valence-electron chi connectivity index (χ4n) is 0.925. The lowest BCUT2D eigenvalue weighted by Gasteiger charge is -1.96. The van der Waals surface area contributed by atoms with Crippen LogP contribution in [0.3, 0.4) is 0 Å². The van der Waals surface area contributed by atoms with Gasteiger partial charge in [-0.05, 0) is 19.9 Å². The molecule has 0 rings (SSSR count). The lowest BCUT2D eigenvalue weighted by Crippen LogP contribution is -1.97. The number of nitrogens with two attached hydrogens (primary N) is 1. The van der Waals surface area contributed by atoms with Crippen molar-refractivity contribution in [2.45, 2.75) is 52.4 Å². The third-order valence-electron chi connectivity index (χ3n) is 1.56. The molecule has 0 saturated heterocycles. The summed E-state index contributed by atoms with van der Waals surface area (Å²) in [6.45, 7) is 5.04. The van der Waals surface area contributed by atoms with Crippen LogP contribution in [-0.4, -0.2) is 23.7 Å². The molecular formula is C10H27NO2. The first-order valence-electron chi connectivity index (χ1n) is 5.14. The van der Waals surface area contributed by atoms with Gasteiger partial charge in [0.15, 0.2) is 0 Å². The molecule has 0 fully saturated rings. The van der Waals surface area contributed by atoms with Crippen LogP contribution in [0.15, 0.2) is 0 Å². The standard InChI is InChI=1S/C8H19N.C2H6O.H2O/c1-2-3-4-5-6-7-8-9;1-2-3;/h2-9H2,1H3;3H,2H2,1H3;1H2. The Kier molecular flexibility index (Phi) is 32.4. The quantitative estimate of drug-likeness (QED) is 0.627. The molecule has 0 aliphatic rings. The van der Waals surface area contributed by atoms with Gasteiger partial charge in [0.05, 0.1) is 0 Å². The maximum absolute atomic E-state index is 7.57. The molecule has 3 heteroatoms. The van der Waals surface area contributed by atoms with Crippen molar-refractivity contribution >= 4 is 0 Å². The summed E-state index contributed by atoms with van der Waals surface area (Å²) in [4.78, 5) is 0. The smallest absolute Gasteiger partial charge is 0.0402 e. The first-order chi connectivity index (χ1) is 5.83. The summed E-state index contributed by atoms with van der Waals surface area (Å²) in [5.41, 5.74) is 5.34. The zero-order chi connectivity index (χ0) is 9.66. The molecule has 0 heterocycles. The molecule has 0 unspecified atom stereocenters. The summed E-state index contributed by atoms with van der Waals surface area (Å²) >= 11 is 0. The zero-order valence-corrected chi connectivity index (χ0v) is 9.18. The van der Waals surface area contributed by atoms with Crippen molar-refractivity contribution < 1.29 is 10.6 Å². The molecule has 0 saturated carbocycles. The van der Waals surface area contributed by atoms with Gasteiger partial charge in [-0.25, -0.2) is 0 Å². The Morgan fingerprint density at radius 2 is 1.31 bits per heavy atom. The maximum Gasteiger partial charge on any atom is 0.0402 e. The first-order valence-corrected chi connectivity index (χ1v) is 5.14. The number of rotatable bonds is 6. The molecular weight excluding hydrogens is 166 g/mol. The van der Waals surface area contributed by atoms with Crippen LogP contribution in [-0.2, 0) is 0 Å². The zero-order valence-electron chi connectivity index (χ0n) is 9.18. The van der Waals surface area contributed by atoms with Gasteiger partial charge in [-0.1, -0.05) is 39.0 Å². The molecule has 0 aliphatic carbocycles. The molecule has 0 aromatic rings. The second kappa shape index (κ2) is 22.6. The molecule has 0 aromatic heterocycles. The van der Waals surface area contributed by atoms with Gasteiger partial charge >= 0.3 is 0 Å². The molecule has 0 aliphatic heterocycles. The van der Waals surface area contributed by atoms with Gasteiger partial charge in [0, 0.05) is 6.61 Å². The monoisotopic (exact) mass is 193 g/mol. The first kappa shape index (κ1) is 18.6. The van der Waals surface area contributed by atoms with Crippen molar-refractivity contribution in [2.24, 2.45) is 5.73 Å². The van der Waals surface area contributed by atoms with E-state index >= 15 is 0 Å². The van der Waals surface area contributed by atoms with E-state index in [0.717, 1.165) is 6.54 Å². The van der Waals surface area contributed by atoms with Gasteiger partial charge in [-0.3, -0.25) is 0 Å². The number of aliphatic hydroxyl groups is 1. The average molecular weight is 193 g/mol. The van der Waals surface area contributed by atoms with Gasteiger partial charge < -0.3 is 16.3 Å². The molecule has 0 bridgehead atoms. The molecule has 0 atom stereocenters. The molecule has 84 valence electrons. The number of aliphatic hydroxyl groups excluding tert-OH is 1. The summed E-state index contributed by atoms with van der Waals surface area (Å²) < 4.78 is 0. The molecule has 0 radical (unpaired) electrons. The maximum atomic E-state index is 7.57. The van der Waals surface area contributed by atoms with Gasteiger partial charge in [0.1, 0.15) is 0 Å². The second-order valence-electron chi connectivity index (χ2n) is 2.87. The third kappa shape index (κ3) is 33.5. The van der Waals surface area contributed by atoms with E-state index in [9.17, 15) is 0 Å². The highest BCUT2D eigenvalue weighted by Gasteiger charge is 1.85. The van der Waals surface area contributed by atoms with E-state index in [-0.39, 0.29) is 12.1 Å². The number of unbranched alkanes of at least 4 members (excludes halogenated alkanes) is 5. The summed E-state index contributed by atoms with van der Waals surface area (Å²) in [7, 11) is 0. The second-order valence-corrected chi connectivity index (χ2v) is 2.87. The highest BCUT2D eigenvalue weighted by Crippen LogP contribution is 2.03. The van der Waals surface area contributed by atoms with Crippen molar-refractivity contribution in [3.63, 3.8) is 0 Å². The van der Waals surface area contributed by atoms with Crippen molar-refractivity contribution in [3.05, 3.63) is 0 Å². The highest BCUT2D eigenvalue weighted by molar-refractivity contribution is 4.43. The van der Waals surface area contributed by atoms with E-state index in [1.807, 2.05) is 0 Å². The van der Waals surface area contributed by atoms with E-state index in [2.05, 4.69) is 6.92 Å². The topological polar surface area (TPSA) is 77.8 Å². The average Bonchev–Trinajstić information content (AvgIpc) is 2.06. The normalized spacial score (nSPS) is 8.31. The van der Waals surface area contributed by atoms with E-state index in [1.54, 1.807) is 6.92 Å². The summed E-state index contributed by atoms with van der Waals surface area (Å²) in [6.07, 6.45) is 8.05. The number of hydrogen-bond acceptors (Lipinski definition) is 2. The van der Waals surface area contributed by atoms with Crippen LogP contribution in [0.5, 0.6) is 0 Å². The van der Waals surface area contributed by atoms with Crippen LogP contribution in [0, 0.1) is 0 Å². The minimum absolute atomic E-state index is 0. The predicted octanol–water partition coefficient (Wildman–Crippen LogP) is 1.48. The SMILES string of the molecule is CCCCCCCCN.CCO.O. The fourth-order valence-corrected chi connectivity index (χ4v) is 0.925. The van der Waals surface area contributed by atoms with Crippen LogP contribution >= 0.6 is 0 Å². The van der Waals surface area contributed by atoms with Gasteiger partial charge in [0.2, 0.25) is 0 Å². The Labute approximate surface area is 82.6 Å². The van der Waals surface area contributed by atoms with Crippen molar-refractivity contribution in [1.82, 2.24) is 0 Å². The lowest BCUT2D eigenvalue weighted by molar-refractivity contribution is 0.318. The summed E-state index contributed by atoms with van der Waals surface area (Å²) in [5, 5.41) is 7.57. The third-order valence-corrected chi connectivity index (χ3v) is 1.56. The Hall–Kier alpha value is -0.120. The summed E-state index contributed by atoms with van der Waals surface area (Å²) in [5.74, 6) is 0. The lowest BCUT2D eigenvalue weighted by atomic mass is 10.1. The Bertz CT molecular complexity index is 54.9. The van der Waals surface area contributed by atoms with E-state index in [1.165, 1.54) is 38.5 Å². The largest absolute Gasteiger partial charge is 0.412 e. The molecule has 3 nitrogen and oxygen atoms in total. The van der Waals surface area contributed by atoms with Gasteiger partial charge in [0.25, 0.3) is 0 Å². The molecule has 0 spiro atoms. The fraction of sp³-hybridized carbons (Fsp3) is 1.00. The van der Waals surface area contributed by atoms with Crippen molar-refractivity contribution in [1.29, 1.82) is 0 Å². The molecule has 13 heavy (non-hydrogen) atoms. The van der Waals surface area contributed by atoms with Crippen LogP contribution in [0.4, 0.5) is 0 Å². The van der Waals surface area contributed by atoms with Crippen LogP contribution in [0.25, 0.3) is 0 Å². The van der Waals surface area contributed by atoms with Gasteiger partial charge in [-0.2, -0.15) is 0 Å². The number of hydrogen-bond donors (Lipinski definition) is 2. The van der Waals surface area contributed by atoms with E-state index < -0.39 is 0 Å². The molecule has 0 amide bonds. The molecule has 5 N–H and O–H groups in total. The Morgan fingerprint density at radius 3 is 1.69 bits per heavy atom. The minimum Gasteiger partial charge on any atom is -0.412 e. The molecule has 0 aromatic carbocycles. The van der Waals surface area contributed by atoms with Gasteiger partial charge in [-0.15, -0.1) is 0 Å². The van der Waals surface area contributed by atoms with E-state index in [0.29, 0.717) is 0 Å². The van der Waals surface area contributed by atoms with Crippen LogP contribution < -0.4 is 5.73 Å². The predicted molar refractivity (Wildman–Crippen MR) is 58.8 cm³/mol. The minimum atomic E-state index is 0. The van der Waals surface area contributed by atoms with Crippen LogP contribution in [0.2, 0.25) is 0 Å².